The van der Waals surface area contributed by atoms with Gasteiger partial charge in [0.25, 0.3) is 5.78 Å². The van der Waals surface area contributed by atoms with Gasteiger partial charge in [0, 0.05) is 6.42 Å². The van der Waals surface area contributed by atoms with Crippen LogP contribution in [0.1, 0.15) is 19.3 Å². The molecule has 1 aliphatic rings. The maximum Gasteiger partial charge on any atom is 0.441 e. The number of hydrogen-bond donors (Lipinski definition) is 1. The van der Waals surface area contributed by atoms with Crippen molar-refractivity contribution in [2.24, 2.45) is 5.92 Å². The number of carboxylic acids is 1. The Hall–Kier alpha value is -1.74. The number of rotatable bonds is 4. The highest BCUT2D eigenvalue weighted by molar-refractivity contribution is 6.61. The molecule has 0 fully saturated rings. The van der Waals surface area contributed by atoms with Crippen LogP contribution in [-0.4, -0.2) is 27.4 Å². The molecule has 0 aliphatic heterocycles. The van der Waals surface area contributed by atoms with Crippen molar-refractivity contribution in [3.05, 3.63) is 17.7 Å². The van der Waals surface area contributed by atoms with Gasteiger partial charge in [-0.25, -0.2) is 4.79 Å². The topological polar surface area (TPSA) is 90.8 Å². The molecule has 5 heteroatoms. The summed E-state index contributed by atoms with van der Waals surface area (Å²) in [4.78, 5) is 24.2. The van der Waals surface area contributed by atoms with Gasteiger partial charge in [-0.1, -0.05) is 12.2 Å². The lowest BCUT2D eigenvalue weighted by Crippen LogP contribution is -2.26. The minimum atomic E-state index is -1.48. The van der Waals surface area contributed by atoms with Crippen LogP contribution in [0.4, 0.5) is 0 Å². The van der Waals surface area contributed by atoms with E-state index in [0.29, 0.717) is 0 Å². The van der Waals surface area contributed by atoms with Crippen LogP contribution < -0.4 is 0 Å². The normalized spacial score (nSPS) is 15.1. The van der Waals surface area contributed by atoms with Gasteiger partial charge in [-0.3, -0.25) is 4.79 Å². The SMILES string of the molecule is [N-]=[N+]=C(C(=O)O)C(=O)CC1CC=CC1. The molecular weight excluding hydrogens is 184 g/mol. The van der Waals surface area contributed by atoms with E-state index >= 15 is 0 Å². The van der Waals surface area contributed by atoms with E-state index < -0.39 is 17.5 Å². The molecule has 0 saturated heterocycles. The Morgan fingerprint density at radius 2 is 2.00 bits per heavy atom. The highest BCUT2D eigenvalue weighted by Crippen LogP contribution is 2.21. The third kappa shape index (κ3) is 2.37. The van der Waals surface area contributed by atoms with Gasteiger partial charge in [0.2, 0.25) is 0 Å². The van der Waals surface area contributed by atoms with Gasteiger partial charge in [0.05, 0.1) is 0 Å². The molecule has 0 spiro atoms. The number of carbonyl (C=O) groups is 2. The summed E-state index contributed by atoms with van der Waals surface area (Å²) in [6, 6.07) is 0. The standard InChI is InChI=1S/C9H10N2O3/c10-11-8(9(13)14)7(12)5-6-3-1-2-4-6/h1-2,6H,3-5H2,(H,13,14). The van der Waals surface area contributed by atoms with Crippen molar-refractivity contribution < 1.29 is 19.5 Å². The van der Waals surface area contributed by atoms with Crippen LogP contribution in [-0.2, 0) is 9.59 Å². The molecule has 0 aromatic rings. The Kier molecular flexibility index (Phi) is 3.31. The lowest BCUT2D eigenvalue weighted by atomic mass is 9.98. The average Bonchev–Trinajstić information content (AvgIpc) is 2.57. The lowest BCUT2D eigenvalue weighted by molar-refractivity contribution is -0.136. The summed E-state index contributed by atoms with van der Waals surface area (Å²) in [5.41, 5.74) is 7.53. The summed E-state index contributed by atoms with van der Waals surface area (Å²) in [5.74, 6) is -1.95. The van der Waals surface area contributed by atoms with Crippen LogP contribution in [0.3, 0.4) is 0 Å². The zero-order valence-electron chi connectivity index (χ0n) is 7.51. The number of aliphatic carboxylic acids is 1. The van der Waals surface area contributed by atoms with E-state index in [1.807, 2.05) is 12.2 Å². The van der Waals surface area contributed by atoms with Crippen LogP contribution in [0.25, 0.3) is 5.53 Å². The Bertz CT molecular complexity index is 332. The second-order valence-corrected chi connectivity index (χ2v) is 3.19. The Morgan fingerprint density at radius 1 is 1.43 bits per heavy atom. The van der Waals surface area contributed by atoms with Crippen molar-refractivity contribution in [1.82, 2.24) is 0 Å². The van der Waals surface area contributed by atoms with E-state index in [9.17, 15) is 9.59 Å². The molecule has 0 atom stereocenters. The fourth-order valence-corrected chi connectivity index (χ4v) is 1.42. The first-order chi connectivity index (χ1) is 6.65. The molecule has 5 nitrogen and oxygen atoms in total. The fraction of sp³-hybridized carbons (Fsp3) is 0.444. The molecule has 1 rings (SSSR count). The van der Waals surface area contributed by atoms with Gasteiger partial charge in [-0.2, -0.15) is 4.79 Å². The third-order valence-corrected chi connectivity index (χ3v) is 2.15. The first kappa shape index (κ1) is 10.3. The summed E-state index contributed by atoms with van der Waals surface area (Å²) in [7, 11) is 0. The van der Waals surface area contributed by atoms with Crippen molar-refractivity contribution in [2.75, 3.05) is 0 Å². The largest absolute Gasteiger partial charge is 0.472 e. The van der Waals surface area contributed by atoms with Gasteiger partial charge in [0.15, 0.2) is 0 Å². The second kappa shape index (κ2) is 4.48. The van der Waals surface area contributed by atoms with Crippen molar-refractivity contribution in [2.45, 2.75) is 19.3 Å². The lowest BCUT2D eigenvalue weighted by Gasteiger charge is -2.03. The van der Waals surface area contributed by atoms with Crippen LogP contribution in [0.5, 0.6) is 0 Å². The molecule has 0 aromatic heterocycles. The molecule has 74 valence electrons. The highest BCUT2D eigenvalue weighted by atomic mass is 16.4. The average molecular weight is 194 g/mol. The number of carboxylic acid groups (broad SMARTS) is 1. The number of Topliss-reactive ketones (excluding diaryl/α,β-unsaturated/α-hetero) is 1. The van der Waals surface area contributed by atoms with Crippen molar-refractivity contribution in [3.8, 4) is 0 Å². The van der Waals surface area contributed by atoms with E-state index in [4.69, 9.17) is 10.6 Å². The minimum Gasteiger partial charge on any atom is -0.472 e. The summed E-state index contributed by atoms with van der Waals surface area (Å²) in [6.07, 6.45) is 5.59. The Balaban J connectivity index is 2.57. The predicted molar refractivity (Wildman–Crippen MR) is 47.8 cm³/mol. The number of allylic oxidation sites excluding steroid dienone is 2. The van der Waals surface area contributed by atoms with Crippen LogP contribution in [0.2, 0.25) is 0 Å². The highest BCUT2D eigenvalue weighted by Gasteiger charge is 2.30. The van der Waals surface area contributed by atoms with Crippen molar-refractivity contribution >= 4 is 17.5 Å². The summed E-state index contributed by atoms with van der Waals surface area (Å²) < 4.78 is 0. The monoisotopic (exact) mass is 194 g/mol. The van der Waals surface area contributed by atoms with Gasteiger partial charge in [0.1, 0.15) is 0 Å². The Morgan fingerprint density at radius 3 is 2.43 bits per heavy atom. The molecular formula is C9H10N2O3. The molecule has 0 unspecified atom stereocenters. The summed E-state index contributed by atoms with van der Waals surface area (Å²) in [5, 5.41) is 8.49. The van der Waals surface area contributed by atoms with E-state index in [0.717, 1.165) is 12.8 Å². The van der Waals surface area contributed by atoms with Gasteiger partial charge in [-0.15, -0.1) is 0 Å². The quantitative estimate of drug-likeness (QED) is 0.234. The molecule has 0 aromatic carbocycles. The number of ketones is 1. The molecule has 0 radical (unpaired) electrons. The molecule has 0 heterocycles. The molecule has 1 N–H and O–H groups in total. The number of nitrogens with zero attached hydrogens (tertiary/aromatic N) is 2. The third-order valence-electron chi connectivity index (χ3n) is 2.15. The fourth-order valence-electron chi connectivity index (χ4n) is 1.42. The van der Waals surface area contributed by atoms with Crippen LogP contribution in [0.15, 0.2) is 12.2 Å². The smallest absolute Gasteiger partial charge is 0.441 e. The maximum atomic E-state index is 11.3. The van der Waals surface area contributed by atoms with Gasteiger partial charge in [-0.05, 0) is 18.8 Å². The predicted octanol–water partition coefficient (Wildman–Crippen LogP) is 0.667. The summed E-state index contributed by atoms with van der Waals surface area (Å²) in [6.45, 7) is 0. The van der Waals surface area contributed by atoms with Crippen molar-refractivity contribution in [3.63, 3.8) is 0 Å². The molecule has 1 aliphatic carbocycles. The minimum absolute atomic E-state index is 0.124. The molecule has 0 amide bonds. The first-order valence-corrected chi connectivity index (χ1v) is 4.28. The van der Waals surface area contributed by atoms with E-state index in [1.54, 1.807) is 0 Å². The van der Waals surface area contributed by atoms with Crippen LogP contribution >= 0.6 is 0 Å². The second-order valence-electron chi connectivity index (χ2n) is 3.19. The molecule has 14 heavy (non-hydrogen) atoms. The zero-order chi connectivity index (χ0) is 10.6. The zero-order valence-corrected chi connectivity index (χ0v) is 7.51. The molecule has 0 saturated carbocycles. The maximum absolute atomic E-state index is 11.3. The van der Waals surface area contributed by atoms with E-state index in [2.05, 4.69) is 4.79 Å². The number of carbonyl (C=O) groups excluding carboxylic acids is 1. The number of hydrogen-bond acceptors (Lipinski definition) is 2. The first-order valence-electron chi connectivity index (χ1n) is 4.28. The Labute approximate surface area is 80.7 Å². The summed E-state index contributed by atoms with van der Waals surface area (Å²) >= 11 is 0. The molecule has 0 bridgehead atoms. The van der Waals surface area contributed by atoms with E-state index in [1.165, 1.54) is 0 Å². The van der Waals surface area contributed by atoms with Gasteiger partial charge < -0.3 is 10.6 Å². The van der Waals surface area contributed by atoms with Crippen molar-refractivity contribution in [1.29, 1.82) is 0 Å². The van der Waals surface area contributed by atoms with E-state index in [-0.39, 0.29) is 12.3 Å². The van der Waals surface area contributed by atoms with Gasteiger partial charge >= 0.3 is 11.7 Å². The van der Waals surface area contributed by atoms with Crippen LogP contribution in [0, 0.1) is 5.92 Å².